The Kier molecular flexibility index (Phi) is 3.43. The molecule has 2 aliphatic rings. The van der Waals surface area contributed by atoms with Gasteiger partial charge in [0, 0.05) is 5.57 Å². The highest BCUT2D eigenvalue weighted by Gasteiger charge is 2.33. The molecule has 0 N–H and O–H groups in total. The highest BCUT2D eigenvalue weighted by Crippen LogP contribution is 2.19. The van der Waals surface area contributed by atoms with Crippen LogP contribution in [0.5, 0.6) is 0 Å². The maximum Gasteiger partial charge on any atom is 0.365 e. The summed E-state index contributed by atoms with van der Waals surface area (Å²) in [6, 6.07) is 0. The van der Waals surface area contributed by atoms with Crippen LogP contribution in [-0.2, 0) is 19.2 Å². The van der Waals surface area contributed by atoms with Crippen molar-refractivity contribution in [3.05, 3.63) is 23.3 Å². The van der Waals surface area contributed by atoms with E-state index in [1.165, 1.54) is 6.08 Å². The molecule has 1 aliphatic carbocycles. The van der Waals surface area contributed by atoms with Crippen molar-refractivity contribution in [2.45, 2.75) is 26.9 Å². The topological polar surface area (TPSA) is 68.3 Å². The number of rotatable bonds is 3. The Morgan fingerprint density at radius 1 is 1.50 bits per heavy atom. The average Bonchev–Trinajstić information content (AvgIpc) is 3.10. The zero-order valence-electron chi connectivity index (χ0n) is 10.6. The normalized spacial score (nSPS) is 25.0. The third-order valence-electron chi connectivity index (χ3n) is 2.78. The number of carbonyl (C=O) groups is 2. The van der Waals surface area contributed by atoms with Gasteiger partial charge in [-0.25, -0.2) is 4.79 Å². The van der Waals surface area contributed by atoms with Crippen LogP contribution < -0.4 is 0 Å². The van der Waals surface area contributed by atoms with Crippen molar-refractivity contribution in [3.8, 4) is 0 Å². The van der Waals surface area contributed by atoms with Crippen molar-refractivity contribution in [1.82, 2.24) is 0 Å². The molecule has 1 saturated heterocycles. The van der Waals surface area contributed by atoms with Crippen molar-refractivity contribution in [1.29, 1.82) is 0 Å². The number of nitrogens with zero attached hydrogens (tertiary/aromatic N) is 1. The van der Waals surface area contributed by atoms with Crippen LogP contribution >= 0.6 is 0 Å². The van der Waals surface area contributed by atoms with Crippen LogP contribution in [0.3, 0.4) is 0 Å². The fraction of sp³-hybridized carbons (Fsp3) is 0.462. The molecule has 5 heteroatoms. The minimum atomic E-state index is -0.494. The van der Waals surface area contributed by atoms with Gasteiger partial charge in [-0.2, -0.15) is 0 Å². The van der Waals surface area contributed by atoms with E-state index in [0.717, 1.165) is 0 Å². The lowest BCUT2D eigenvalue weighted by atomic mass is 9.90. The van der Waals surface area contributed by atoms with Crippen molar-refractivity contribution in [2.24, 2.45) is 11.1 Å². The standard InChI is InChI=1S/C13H15NO4/c1-7(2)9-5-10(8(3)4-11(9)15)14-18-13(16)12-6-17-12/h4-5,7,12H,6H2,1-3H3/b14-10-. The van der Waals surface area contributed by atoms with Crippen LogP contribution in [0.4, 0.5) is 0 Å². The molecular formula is C13H15NO4. The number of allylic oxidation sites excluding steroid dienone is 4. The molecule has 5 nitrogen and oxygen atoms in total. The second kappa shape index (κ2) is 4.86. The Bertz CT molecular complexity index is 481. The van der Waals surface area contributed by atoms with E-state index in [9.17, 15) is 9.59 Å². The van der Waals surface area contributed by atoms with E-state index in [-0.39, 0.29) is 11.7 Å². The van der Waals surface area contributed by atoms with Gasteiger partial charge in [-0.05, 0) is 30.6 Å². The second-order valence-electron chi connectivity index (χ2n) is 4.65. The molecular weight excluding hydrogens is 234 g/mol. The smallest absolute Gasteiger partial charge is 0.361 e. The first-order chi connectivity index (χ1) is 8.49. The molecule has 0 spiro atoms. The largest absolute Gasteiger partial charge is 0.365 e. The van der Waals surface area contributed by atoms with E-state index in [1.807, 2.05) is 13.8 Å². The van der Waals surface area contributed by atoms with Gasteiger partial charge in [0.25, 0.3) is 0 Å². The summed E-state index contributed by atoms with van der Waals surface area (Å²) in [5.41, 5.74) is 1.86. The van der Waals surface area contributed by atoms with E-state index in [1.54, 1.807) is 13.0 Å². The number of hydrogen-bond donors (Lipinski definition) is 0. The number of hydrogen-bond acceptors (Lipinski definition) is 5. The Balaban J connectivity index is 2.14. The van der Waals surface area contributed by atoms with Gasteiger partial charge < -0.3 is 9.57 Å². The quantitative estimate of drug-likeness (QED) is 0.328. The monoisotopic (exact) mass is 249 g/mol. The van der Waals surface area contributed by atoms with Crippen LogP contribution in [-0.4, -0.2) is 30.2 Å². The van der Waals surface area contributed by atoms with Crippen LogP contribution in [0.25, 0.3) is 0 Å². The lowest BCUT2D eigenvalue weighted by molar-refractivity contribution is -0.145. The van der Waals surface area contributed by atoms with Gasteiger partial charge in [0.05, 0.1) is 6.61 Å². The molecule has 1 fully saturated rings. The number of ether oxygens (including phenoxy) is 1. The fourth-order valence-electron chi connectivity index (χ4n) is 1.57. The molecule has 0 bridgehead atoms. The number of carbonyl (C=O) groups excluding carboxylic acids is 2. The molecule has 1 aliphatic heterocycles. The third-order valence-corrected chi connectivity index (χ3v) is 2.78. The minimum absolute atomic E-state index is 0.0155. The molecule has 1 atom stereocenters. The van der Waals surface area contributed by atoms with E-state index in [4.69, 9.17) is 9.57 Å². The van der Waals surface area contributed by atoms with Gasteiger partial charge >= 0.3 is 5.97 Å². The predicted molar refractivity (Wildman–Crippen MR) is 65.0 cm³/mol. The van der Waals surface area contributed by atoms with Gasteiger partial charge in [0.1, 0.15) is 5.71 Å². The molecule has 1 unspecified atom stereocenters. The number of ketones is 1. The molecule has 2 rings (SSSR count). The Morgan fingerprint density at radius 3 is 2.72 bits per heavy atom. The minimum Gasteiger partial charge on any atom is -0.361 e. The molecule has 96 valence electrons. The van der Waals surface area contributed by atoms with Crippen LogP contribution in [0.15, 0.2) is 28.5 Å². The van der Waals surface area contributed by atoms with Crippen LogP contribution in [0.2, 0.25) is 0 Å². The molecule has 0 radical (unpaired) electrons. The third kappa shape index (κ3) is 2.73. The highest BCUT2D eigenvalue weighted by atomic mass is 16.7. The Labute approximate surface area is 105 Å². The van der Waals surface area contributed by atoms with E-state index in [0.29, 0.717) is 23.5 Å². The molecule has 0 saturated carbocycles. The summed E-state index contributed by atoms with van der Waals surface area (Å²) < 4.78 is 4.79. The SMILES string of the molecule is CC1=CC(=O)C(C(C)C)=C/C1=N/OC(=O)C1CO1. The van der Waals surface area contributed by atoms with E-state index < -0.39 is 12.1 Å². The molecule has 0 aromatic heterocycles. The Morgan fingerprint density at radius 2 is 2.17 bits per heavy atom. The summed E-state index contributed by atoms with van der Waals surface area (Å²) in [5.74, 6) is -0.403. The van der Waals surface area contributed by atoms with Gasteiger partial charge in [-0.3, -0.25) is 4.79 Å². The summed E-state index contributed by atoms with van der Waals surface area (Å²) in [6.07, 6.45) is 2.70. The van der Waals surface area contributed by atoms with Crippen molar-refractivity contribution in [3.63, 3.8) is 0 Å². The van der Waals surface area contributed by atoms with E-state index >= 15 is 0 Å². The summed E-state index contributed by atoms with van der Waals surface area (Å²) in [5, 5.41) is 3.78. The van der Waals surface area contributed by atoms with Crippen molar-refractivity contribution < 1.29 is 19.2 Å². The molecule has 18 heavy (non-hydrogen) atoms. The Hall–Kier alpha value is -1.75. The highest BCUT2D eigenvalue weighted by molar-refractivity contribution is 6.21. The predicted octanol–water partition coefficient (Wildman–Crippen LogP) is 1.40. The second-order valence-corrected chi connectivity index (χ2v) is 4.65. The maximum absolute atomic E-state index is 11.7. The summed E-state index contributed by atoms with van der Waals surface area (Å²) in [4.78, 5) is 27.8. The summed E-state index contributed by atoms with van der Waals surface area (Å²) >= 11 is 0. The fourth-order valence-corrected chi connectivity index (χ4v) is 1.57. The van der Waals surface area contributed by atoms with Gasteiger partial charge in [0.2, 0.25) is 0 Å². The number of epoxide rings is 1. The van der Waals surface area contributed by atoms with E-state index in [2.05, 4.69) is 5.16 Å². The van der Waals surface area contributed by atoms with Gasteiger partial charge in [-0.15, -0.1) is 0 Å². The van der Waals surface area contributed by atoms with Crippen molar-refractivity contribution >= 4 is 17.5 Å². The first-order valence-corrected chi connectivity index (χ1v) is 5.84. The lowest BCUT2D eigenvalue weighted by Crippen LogP contribution is -2.17. The zero-order valence-corrected chi connectivity index (χ0v) is 10.6. The van der Waals surface area contributed by atoms with Crippen LogP contribution in [0, 0.1) is 5.92 Å². The summed E-state index contributed by atoms with van der Waals surface area (Å²) in [7, 11) is 0. The first-order valence-electron chi connectivity index (χ1n) is 5.84. The average molecular weight is 249 g/mol. The molecule has 0 aromatic rings. The molecule has 0 aromatic carbocycles. The zero-order chi connectivity index (χ0) is 13.3. The molecule has 0 amide bonds. The first kappa shape index (κ1) is 12.7. The summed E-state index contributed by atoms with van der Waals surface area (Å²) in [6.45, 7) is 6.01. The maximum atomic E-state index is 11.7. The number of oxime groups is 1. The van der Waals surface area contributed by atoms with Crippen LogP contribution in [0.1, 0.15) is 20.8 Å². The lowest BCUT2D eigenvalue weighted by Gasteiger charge is -2.14. The van der Waals surface area contributed by atoms with Gasteiger partial charge in [-0.1, -0.05) is 19.0 Å². The molecule has 1 heterocycles. The van der Waals surface area contributed by atoms with Crippen molar-refractivity contribution in [2.75, 3.05) is 6.61 Å². The van der Waals surface area contributed by atoms with Gasteiger partial charge in [0.15, 0.2) is 11.9 Å².